The van der Waals surface area contributed by atoms with E-state index in [0.717, 1.165) is 21.9 Å². The molecule has 0 aliphatic rings. The predicted octanol–water partition coefficient (Wildman–Crippen LogP) is 18.5. The van der Waals surface area contributed by atoms with Crippen LogP contribution >= 0.6 is 0 Å². The molecule has 0 atom stereocenters. The Kier molecular flexibility index (Phi) is 9.84. The normalized spacial score (nSPS) is 16.7. The Bertz CT molecular complexity index is 6400. The largest absolute Gasteiger partial charge is 0.510 e. The minimum atomic E-state index is -6.50. The van der Waals surface area contributed by atoms with Crippen molar-refractivity contribution in [2.24, 2.45) is 0 Å². The Hall–Kier alpha value is -9.45. The van der Waals surface area contributed by atoms with Crippen molar-refractivity contribution in [3.05, 3.63) is 307 Å². The van der Waals surface area contributed by atoms with Gasteiger partial charge in [0, 0.05) is 52.5 Å². The molecule has 0 fully saturated rings. The minimum Gasteiger partial charge on any atom is -0.510 e. The van der Waals surface area contributed by atoms with E-state index < -0.39 is 174 Å². The van der Waals surface area contributed by atoms with Gasteiger partial charge in [0.2, 0.25) is 0 Å². The van der Waals surface area contributed by atoms with Gasteiger partial charge in [0.25, 0.3) is 6.33 Å². The monoisotopic (exact) mass is 1430 g/mol. The van der Waals surface area contributed by atoms with Crippen LogP contribution in [0, 0.1) is 32.2 Å². The van der Waals surface area contributed by atoms with Gasteiger partial charge in [-0.15, -0.1) is 29.7 Å². The van der Waals surface area contributed by atoms with Gasteiger partial charge in [-0.3, -0.25) is 4.57 Å². The van der Waals surface area contributed by atoms with E-state index in [0.29, 0.717) is 11.3 Å². The van der Waals surface area contributed by atoms with Gasteiger partial charge in [0.15, 0.2) is 8.07 Å². The average Bonchev–Trinajstić information content (AvgIpc) is 1.04. The molecule has 0 bridgehead atoms. The third-order valence-electron chi connectivity index (χ3n) is 16.3. The second kappa shape index (κ2) is 24.5. The maximum Gasteiger partial charge on any atom is 0.268 e. The molecule has 0 unspecified atom stereocenters. The van der Waals surface area contributed by atoms with Crippen LogP contribution in [-0.2, 0) is 37.3 Å². The maximum atomic E-state index is 11.2. The van der Waals surface area contributed by atoms with Crippen LogP contribution in [0.25, 0.3) is 83.4 Å². The molecule has 11 aromatic carbocycles. The molecule has 0 amide bonds. The number of aryl methyl sites for hydroxylation is 2. The van der Waals surface area contributed by atoms with Gasteiger partial charge < -0.3 is 13.9 Å². The fourth-order valence-corrected chi connectivity index (χ4v) is 15.2. The summed E-state index contributed by atoms with van der Waals surface area (Å²) in [5, 5.41) is -2.62. The van der Waals surface area contributed by atoms with Crippen molar-refractivity contribution in [3.63, 3.8) is 0 Å². The molecule has 0 aliphatic heterocycles. The number of para-hydroxylation sites is 2. The van der Waals surface area contributed by atoms with E-state index in [4.69, 9.17) is 22.1 Å². The second-order valence-electron chi connectivity index (χ2n) is 25.5. The van der Waals surface area contributed by atoms with E-state index in [1.807, 2.05) is 47.0 Å². The number of hydrogen-bond acceptors (Lipinski definition) is 2. The summed E-state index contributed by atoms with van der Waals surface area (Å²) in [6.45, 7) is 11.1. The van der Waals surface area contributed by atoms with Crippen LogP contribution in [0.3, 0.4) is 0 Å². The van der Waals surface area contributed by atoms with Crippen LogP contribution in [-0.4, -0.2) is 22.2 Å². The van der Waals surface area contributed by atoms with Gasteiger partial charge >= 0.3 is 0 Å². The number of rotatable bonds is 12. The molecule has 93 heavy (non-hydrogen) atoms. The zero-order valence-electron chi connectivity index (χ0n) is 80.1. The van der Waals surface area contributed by atoms with Gasteiger partial charge in [0.1, 0.15) is 5.82 Å². The number of nitrogens with zero attached hydrogens (tertiary/aromatic N) is 4. The standard InChI is InChI=1S/C86H76N4OSi.Pt/c1-58-27-23-28-59(2)82(58)61-43-46-78-80(52-61)88(66-30-25-31-67(55-66)91-68-44-45-76-75-39-21-22-42-77(75)90(79(76)56-68)81-54-63(47-48-87-81)84(3,4)5)57-89(78)83-73(40-26-41-74(83)62-49-64(85(6,7)8)53-65(50-62)86(9,10)11)60-29-24-38-72(51-60)92(69-32-15-12-16-33-69,70-34-17-13-18-35-70)71-36-19-14-20-37-71;/h12-54H,1-11H3;/q-2;/i1D3,2D3,12D,13D,14D,15D,16D,17D,18D,19D,20D,24D,29D,32D,33D,34D,35D,36D,37D,38D,49D,50D,51D,53D;. The van der Waals surface area contributed by atoms with E-state index >= 15 is 0 Å². The molecule has 0 aliphatic carbocycles. The molecule has 0 radical (unpaired) electrons. The van der Waals surface area contributed by atoms with E-state index in [-0.39, 0.29) is 129 Å². The van der Waals surface area contributed by atoms with Crippen LogP contribution in [0.15, 0.2) is 260 Å². The first-order valence-electron chi connectivity index (χ1n) is 43.8. The molecule has 462 valence electrons. The van der Waals surface area contributed by atoms with Crippen molar-refractivity contribution in [2.45, 2.75) is 92.3 Å². The van der Waals surface area contributed by atoms with Crippen LogP contribution < -0.4 is 30.1 Å². The molecule has 5 nitrogen and oxygen atoms in total. The number of pyridine rings is 1. The number of fused-ring (bicyclic) bond motifs is 4. The quantitative estimate of drug-likeness (QED) is 0.0529. The Morgan fingerprint density at radius 2 is 1.09 bits per heavy atom. The minimum absolute atomic E-state index is 0. The van der Waals surface area contributed by atoms with E-state index in [9.17, 15) is 26.0 Å². The molecule has 0 N–H and O–H groups in total. The third kappa shape index (κ3) is 11.5. The maximum absolute atomic E-state index is 11.2. The van der Waals surface area contributed by atoms with Crippen molar-refractivity contribution in [3.8, 4) is 62.1 Å². The predicted molar refractivity (Wildman–Crippen MR) is 385 cm³/mol. The summed E-state index contributed by atoms with van der Waals surface area (Å²) in [5.74, 6) is 0.897. The molecule has 7 heteroatoms. The van der Waals surface area contributed by atoms with Crippen molar-refractivity contribution in [2.75, 3.05) is 0 Å². The smallest absolute Gasteiger partial charge is 0.268 e. The molecular weight excluding hydrogens is 1330 g/mol. The average molecular weight is 1430 g/mol. The summed E-state index contributed by atoms with van der Waals surface area (Å²) < 4.78 is 279. The van der Waals surface area contributed by atoms with Crippen LogP contribution in [0.1, 0.15) is 129 Å². The first kappa shape index (κ1) is 37.3. The summed E-state index contributed by atoms with van der Waals surface area (Å²) in [5.41, 5.74) is -1.96. The van der Waals surface area contributed by atoms with Crippen molar-refractivity contribution < 1.29 is 68.8 Å². The molecule has 14 aromatic rings. The summed E-state index contributed by atoms with van der Waals surface area (Å²) >= 11 is 0. The first-order valence-corrected chi connectivity index (χ1v) is 31.8. The van der Waals surface area contributed by atoms with Crippen LogP contribution in [0.5, 0.6) is 11.5 Å². The van der Waals surface area contributed by atoms with Crippen molar-refractivity contribution in [1.29, 1.82) is 0 Å². The fourth-order valence-electron chi connectivity index (χ4n) is 11.7. The number of hydrogen-bond donors (Lipinski definition) is 0. The van der Waals surface area contributed by atoms with Crippen LogP contribution in [0.4, 0.5) is 0 Å². The molecular formula is C86H76N4OPtSi-2. The molecule has 14 rings (SSSR count). The zero-order valence-corrected chi connectivity index (χ0v) is 55.4. The molecule has 0 saturated carbocycles. The zero-order chi connectivity index (χ0) is 87.8. The number of ether oxygens (including phenoxy) is 1. The second-order valence-corrected chi connectivity index (χ2v) is 29.0. The summed E-state index contributed by atoms with van der Waals surface area (Å²) in [4.78, 5) is 4.83. The van der Waals surface area contributed by atoms with Gasteiger partial charge in [-0.2, -0.15) is 18.2 Å². The van der Waals surface area contributed by atoms with Gasteiger partial charge in [0.05, 0.1) is 46.9 Å². The number of imidazole rings is 1. The Labute approximate surface area is 603 Å². The van der Waals surface area contributed by atoms with E-state index in [1.165, 1.54) is 63.7 Å². The van der Waals surface area contributed by atoms with E-state index in [2.05, 4.69) is 39.2 Å². The fraction of sp³-hybridized carbons (Fsp3) is 0.163. The van der Waals surface area contributed by atoms with Crippen molar-refractivity contribution in [1.82, 2.24) is 14.1 Å². The first-order chi connectivity index (χ1) is 55.9. The number of aromatic nitrogens is 4. The number of benzene rings is 11. The molecule has 0 spiro atoms. The van der Waals surface area contributed by atoms with Gasteiger partial charge in [-0.25, -0.2) is 4.98 Å². The van der Waals surface area contributed by atoms with E-state index in [1.54, 1.807) is 72.0 Å². The summed E-state index contributed by atoms with van der Waals surface area (Å²) in [6, 6.07) is 16.6. The van der Waals surface area contributed by atoms with Crippen LogP contribution in [0.2, 0.25) is 0 Å². The topological polar surface area (TPSA) is 35.9 Å². The van der Waals surface area contributed by atoms with Crippen molar-refractivity contribution >= 4 is 61.7 Å². The Morgan fingerprint density at radius 3 is 1.72 bits per heavy atom. The van der Waals surface area contributed by atoms with Gasteiger partial charge in [-0.05, 0) is 147 Å². The third-order valence-corrected chi connectivity index (χ3v) is 20.3. The Morgan fingerprint density at radius 1 is 0.495 bits per heavy atom. The molecule has 0 saturated heterocycles. The molecule has 3 aromatic heterocycles. The SMILES string of the molecule is [2H]c1c([2H])c([2H])c([Si](c2c([2H])c([2H])c([2H])c([2H])c2[2H])(c2c([2H])c([2H])c([2H])c([2H])c2[2H])c2c([2H])c([2H])c([2H])c(-c3cccc(-c4c([2H])c(C(C)(C)C)c([2H])c(C(C)(C)C)c4[2H])c3-[n+]3[c-]n(-c4[c-]c(Oc5[c-]c6c(cc5)c5ccccc5n6-c5cc(C(C)(C)C)ccn5)ccc4)c4cc(-c5c(C([2H])([2H])[2H])cccc5C([2H])([2H])[2H])ccc43)c2[2H])c([2H])c1[2H].[Pt]. The summed E-state index contributed by atoms with van der Waals surface area (Å²) in [6.07, 6.45) is 5.18. The van der Waals surface area contributed by atoms with Gasteiger partial charge in [-0.1, -0.05) is 267 Å². The summed E-state index contributed by atoms with van der Waals surface area (Å²) in [7, 11) is -6.50. The Balaban J connectivity index is 0.0000126. The molecule has 3 heterocycles.